The lowest BCUT2D eigenvalue weighted by molar-refractivity contribution is -0.128. The topological polar surface area (TPSA) is 32.3 Å². The van der Waals surface area contributed by atoms with E-state index in [1.807, 2.05) is 20.8 Å². The molecule has 0 spiro atoms. The Morgan fingerprint density at radius 2 is 1.64 bits per heavy atom. The zero-order valence-corrected chi connectivity index (χ0v) is 10.4. The molecule has 1 fully saturated rings. The number of hydrogen-bond donors (Lipinski definition) is 1. The average Bonchev–Trinajstić information content (AvgIpc) is 2.77. The van der Waals surface area contributed by atoms with Crippen LogP contribution in [0.15, 0.2) is 0 Å². The first-order valence-corrected chi connectivity index (χ1v) is 5.59. The second-order valence-corrected chi connectivity index (χ2v) is 3.10. The molecule has 1 aliphatic heterocycles. The Bertz CT molecular complexity index is 113. The highest BCUT2D eigenvalue weighted by Crippen LogP contribution is 1.90. The minimum atomic E-state index is 0.181. The van der Waals surface area contributed by atoms with Gasteiger partial charge < -0.3 is 10.2 Å². The summed E-state index contributed by atoms with van der Waals surface area (Å²) in [6.45, 7) is 8.35. The van der Waals surface area contributed by atoms with Crippen LogP contribution >= 0.6 is 0 Å². The summed E-state index contributed by atoms with van der Waals surface area (Å²) < 4.78 is 0. The number of hydrogen-bond acceptors (Lipinski definition) is 2. The summed E-state index contributed by atoms with van der Waals surface area (Å²) in [5.74, 6) is 0.181. The summed E-state index contributed by atoms with van der Waals surface area (Å²) in [5, 5.41) is 3.22. The van der Waals surface area contributed by atoms with E-state index in [1.165, 1.54) is 25.9 Å². The van der Waals surface area contributed by atoms with E-state index < -0.39 is 0 Å². The second-order valence-electron chi connectivity index (χ2n) is 3.10. The first-order valence-electron chi connectivity index (χ1n) is 5.59. The molecule has 0 bridgehead atoms. The van der Waals surface area contributed by atoms with Gasteiger partial charge in [-0.15, -0.1) is 0 Å². The zero-order valence-electron chi connectivity index (χ0n) is 10.4. The monoisotopic (exact) mass is 202 g/mol. The number of carbonyl (C=O) groups is 1. The van der Waals surface area contributed by atoms with E-state index in [9.17, 15) is 4.79 Å². The Hall–Kier alpha value is -0.570. The van der Waals surface area contributed by atoms with E-state index in [0.29, 0.717) is 6.42 Å². The Labute approximate surface area is 88.9 Å². The summed E-state index contributed by atoms with van der Waals surface area (Å²) in [4.78, 5) is 12.0. The fourth-order valence-corrected chi connectivity index (χ4v) is 0.941. The molecule has 3 heteroatoms. The number of nitrogens with zero attached hydrogens (tertiary/aromatic N) is 1. The van der Waals surface area contributed by atoms with Gasteiger partial charge in [0.05, 0.1) is 0 Å². The van der Waals surface area contributed by atoms with Gasteiger partial charge in [-0.2, -0.15) is 0 Å². The molecule has 0 saturated carbocycles. The molecule has 1 heterocycles. The van der Waals surface area contributed by atoms with Crippen LogP contribution in [-0.2, 0) is 4.79 Å². The van der Waals surface area contributed by atoms with E-state index in [-0.39, 0.29) is 5.91 Å². The highest BCUT2D eigenvalue weighted by atomic mass is 16.2. The predicted molar refractivity (Wildman–Crippen MR) is 62.4 cm³/mol. The summed E-state index contributed by atoms with van der Waals surface area (Å²) >= 11 is 0. The van der Waals surface area contributed by atoms with E-state index in [1.54, 1.807) is 19.0 Å². The highest BCUT2D eigenvalue weighted by molar-refractivity contribution is 5.75. The summed E-state index contributed by atoms with van der Waals surface area (Å²) in [6, 6.07) is 0. The SMILES string of the molecule is C1CCNC1.CC.CCC(=O)N(C)C. The van der Waals surface area contributed by atoms with Crippen LogP contribution in [0.25, 0.3) is 0 Å². The smallest absolute Gasteiger partial charge is 0.221 e. The van der Waals surface area contributed by atoms with Crippen LogP contribution in [0.5, 0.6) is 0 Å². The zero-order chi connectivity index (χ0) is 11.4. The van der Waals surface area contributed by atoms with Crippen molar-refractivity contribution in [2.24, 2.45) is 0 Å². The van der Waals surface area contributed by atoms with Gasteiger partial charge in [0.2, 0.25) is 5.91 Å². The standard InChI is InChI=1S/C5H11NO.C4H9N.C2H6/c1-4-5(7)6(2)3;1-2-4-5-3-1;1-2/h4H2,1-3H3;5H,1-4H2;1-2H3. The molecular weight excluding hydrogens is 176 g/mol. The van der Waals surface area contributed by atoms with Crippen molar-refractivity contribution in [1.29, 1.82) is 0 Å². The molecule has 86 valence electrons. The lowest BCUT2D eigenvalue weighted by atomic mass is 10.4. The summed E-state index contributed by atoms with van der Waals surface area (Å²) in [7, 11) is 3.51. The van der Waals surface area contributed by atoms with Crippen molar-refractivity contribution >= 4 is 5.91 Å². The Morgan fingerprint density at radius 3 is 1.71 bits per heavy atom. The molecule has 0 aromatic carbocycles. The van der Waals surface area contributed by atoms with Crippen molar-refractivity contribution in [3.8, 4) is 0 Å². The molecule has 0 aromatic heterocycles. The molecule has 0 aromatic rings. The maximum atomic E-state index is 10.4. The van der Waals surface area contributed by atoms with E-state index in [0.717, 1.165) is 0 Å². The molecule has 0 atom stereocenters. The molecule has 1 rings (SSSR count). The summed E-state index contributed by atoms with van der Waals surface area (Å²) in [5.41, 5.74) is 0. The molecule has 1 saturated heterocycles. The first-order chi connectivity index (χ1) is 6.68. The van der Waals surface area contributed by atoms with Crippen LogP contribution in [0, 0.1) is 0 Å². The molecule has 0 aliphatic carbocycles. The van der Waals surface area contributed by atoms with Crippen LogP contribution in [0.2, 0.25) is 0 Å². The second kappa shape index (κ2) is 12.4. The Morgan fingerprint density at radius 1 is 1.21 bits per heavy atom. The van der Waals surface area contributed by atoms with E-state index >= 15 is 0 Å². The maximum absolute atomic E-state index is 10.4. The minimum absolute atomic E-state index is 0.181. The van der Waals surface area contributed by atoms with Crippen molar-refractivity contribution in [3.63, 3.8) is 0 Å². The predicted octanol–water partition coefficient (Wildman–Crippen LogP) is 1.88. The first kappa shape index (κ1) is 15.9. The van der Waals surface area contributed by atoms with E-state index in [2.05, 4.69) is 5.32 Å². The van der Waals surface area contributed by atoms with Gasteiger partial charge in [-0.3, -0.25) is 4.79 Å². The van der Waals surface area contributed by atoms with Gasteiger partial charge in [-0.25, -0.2) is 0 Å². The average molecular weight is 202 g/mol. The molecule has 0 radical (unpaired) electrons. The van der Waals surface area contributed by atoms with Gasteiger partial charge >= 0.3 is 0 Å². The Balaban J connectivity index is 0. The highest BCUT2D eigenvalue weighted by Gasteiger charge is 1.95. The third-order valence-corrected chi connectivity index (χ3v) is 1.76. The summed E-state index contributed by atoms with van der Waals surface area (Å²) in [6.07, 6.45) is 3.38. The molecule has 3 nitrogen and oxygen atoms in total. The lowest BCUT2D eigenvalue weighted by Gasteiger charge is -2.05. The molecule has 1 N–H and O–H groups in total. The maximum Gasteiger partial charge on any atom is 0.221 e. The quantitative estimate of drug-likeness (QED) is 0.704. The fourth-order valence-electron chi connectivity index (χ4n) is 0.941. The molecule has 14 heavy (non-hydrogen) atoms. The van der Waals surface area contributed by atoms with Crippen molar-refractivity contribution in [3.05, 3.63) is 0 Å². The molecule has 1 amide bonds. The van der Waals surface area contributed by atoms with Crippen LogP contribution in [0.1, 0.15) is 40.0 Å². The van der Waals surface area contributed by atoms with Gasteiger partial charge in [0.25, 0.3) is 0 Å². The molecule has 0 unspecified atom stereocenters. The normalized spacial score (nSPS) is 13.2. The van der Waals surface area contributed by atoms with Gasteiger partial charge in [0.15, 0.2) is 0 Å². The van der Waals surface area contributed by atoms with Gasteiger partial charge in [0, 0.05) is 20.5 Å². The van der Waals surface area contributed by atoms with Crippen molar-refractivity contribution in [2.75, 3.05) is 27.2 Å². The minimum Gasteiger partial charge on any atom is -0.349 e. The Kier molecular flexibility index (Phi) is 14.1. The molecular formula is C11H26N2O. The van der Waals surface area contributed by atoms with Crippen LogP contribution < -0.4 is 5.32 Å². The van der Waals surface area contributed by atoms with Crippen molar-refractivity contribution in [2.45, 2.75) is 40.0 Å². The number of rotatable bonds is 1. The third-order valence-electron chi connectivity index (χ3n) is 1.76. The fraction of sp³-hybridized carbons (Fsp3) is 0.909. The van der Waals surface area contributed by atoms with Crippen LogP contribution in [0.3, 0.4) is 0 Å². The largest absolute Gasteiger partial charge is 0.349 e. The lowest BCUT2D eigenvalue weighted by Crippen LogP contribution is -2.19. The number of nitrogens with one attached hydrogen (secondary N) is 1. The van der Waals surface area contributed by atoms with Crippen molar-refractivity contribution in [1.82, 2.24) is 10.2 Å². The van der Waals surface area contributed by atoms with Crippen LogP contribution in [0.4, 0.5) is 0 Å². The van der Waals surface area contributed by atoms with Gasteiger partial charge in [-0.1, -0.05) is 20.8 Å². The van der Waals surface area contributed by atoms with Gasteiger partial charge in [0.1, 0.15) is 0 Å². The van der Waals surface area contributed by atoms with Gasteiger partial charge in [-0.05, 0) is 25.9 Å². The van der Waals surface area contributed by atoms with E-state index in [4.69, 9.17) is 0 Å². The van der Waals surface area contributed by atoms with Crippen LogP contribution in [-0.4, -0.2) is 38.0 Å². The molecule has 1 aliphatic rings. The number of amides is 1. The number of carbonyl (C=O) groups excluding carboxylic acids is 1. The third kappa shape index (κ3) is 11.4. The van der Waals surface area contributed by atoms with Crippen molar-refractivity contribution < 1.29 is 4.79 Å².